The van der Waals surface area contributed by atoms with Gasteiger partial charge in [-0.05, 0) is 151 Å². The Morgan fingerprint density at radius 1 is 0.559 bits per heavy atom. The highest BCUT2D eigenvalue weighted by atomic mass is 16.3. The maximum atomic E-state index is 8.59. The Morgan fingerprint density at radius 3 is 1.81 bits per heavy atom. The molecule has 342 valence electrons. The summed E-state index contributed by atoms with van der Waals surface area (Å²) in [5.41, 5.74) is 21.1. The average molecular weight is 894 g/mol. The summed E-state index contributed by atoms with van der Waals surface area (Å²) in [7, 11) is 0. The lowest BCUT2D eigenvalue weighted by molar-refractivity contribution is 0.332. The van der Waals surface area contributed by atoms with Gasteiger partial charge in [0.15, 0.2) is 0 Å². The second kappa shape index (κ2) is 15.1. The fraction of sp³-hybridized carbons (Fsp3) is 0.312. The van der Waals surface area contributed by atoms with E-state index >= 15 is 0 Å². The fourth-order valence-corrected chi connectivity index (χ4v) is 11.6. The lowest BCUT2D eigenvalue weighted by Crippen LogP contribution is -2.61. The number of hydrogen-bond donors (Lipinski definition) is 0. The first-order valence-electron chi connectivity index (χ1n) is 26.2. The van der Waals surface area contributed by atoms with Crippen molar-refractivity contribution in [3.8, 4) is 11.1 Å². The molecule has 3 nitrogen and oxygen atoms in total. The number of benzene rings is 7. The van der Waals surface area contributed by atoms with Gasteiger partial charge in [-0.15, -0.1) is 0 Å². The molecule has 68 heavy (non-hydrogen) atoms. The third-order valence-corrected chi connectivity index (χ3v) is 16.0. The number of anilines is 6. The summed E-state index contributed by atoms with van der Waals surface area (Å²) in [6, 6.07) is 47.3. The van der Waals surface area contributed by atoms with E-state index < -0.39 is 5.41 Å². The van der Waals surface area contributed by atoms with Crippen molar-refractivity contribution in [1.29, 1.82) is 0 Å². The maximum absolute atomic E-state index is 8.59. The molecule has 0 radical (unpaired) electrons. The molecule has 0 saturated carbocycles. The quantitative estimate of drug-likeness (QED) is 0.161. The van der Waals surface area contributed by atoms with Crippen molar-refractivity contribution in [3.05, 3.63) is 184 Å². The molecular weight excluding hydrogens is 824 g/mol. The number of aryl methyl sites for hydroxylation is 1. The number of hydrogen-bond acceptors (Lipinski definition) is 3. The zero-order chi connectivity index (χ0) is 50.5. The Kier molecular flexibility index (Phi) is 9.07. The molecule has 1 aliphatic carbocycles. The number of rotatable bonds is 5. The monoisotopic (exact) mass is 894 g/mol. The van der Waals surface area contributed by atoms with Crippen LogP contribution in [0.4, 0.5) is 34.1 Å². The van der Waals surface area contributed by atoms with E-state index in [1.165, 1.54) is 55.6 Å². The normalized spacial score (nSPS) is 16.7. The Hall–Kier alpha value is -6.26. The third kappa shape index (κ3) is 6.91. The molecular formula is C64H67BN2O. The number of nitrogens with zero attached hydrogens (tertiary/aromatic N) is 2. The highest BCUT2D eigenvalue weighted by molar-refractivity contribution is 7.00. The molecule has 0 N–H and O–H groups in total. The molecule has 8 aromatic rings. The predicted molar refractivity (Wildman–Crippen MR) is 292 cm³/mol. The predicted octanol–water partition coefficient (Wildman–Crippen LogP) is 15.8. The van der Waals surface area contributed by atoms with Crippen LogP contribution in [0.3, 0.4) is 0 Å². The van der Waals surface area contributed by atoms with Crippen molar-refractivity contribution in [2.75, 3.05) is 9.80 Å². The van der Waals surface area contributed by atoms with Gasteiger partial charge in [0.1, 0.15) is 5.58 Å². The van der Waals surface area contributed by atoms with Crippen LogP contribution in [0, 0.1) is 6.92 Å². The van der Waals surface area contributed by atoms with E-state index in [2.05, 4.69) is 215 Å². The second-order valence-electron chi connectivity index (χ2n) is 24.0. The molecule has 0 atom stereocenters. The van der Waals surface area contributed by atoms with Crippen LogP contribution < -0.4 is 26.4 Å². The van der Waals surface area contributed by atoms with Gasteiger partial charge in [-0.1, -0.05) is 174 Å². The maximum Gasteiger partial charge on any atom is 0.297 e. The molecule has 0 unspecified atom stereocenters. The van der Waals surface area contributed by atoms with E-state index in [9.17, 15) is 0 Å². The van der Waals surface area contributed by atoms with E-state index in [1.807, 2.05) is 0 Å². The number of fused-ring (bicyclic) bond motifs is 7. The zero-order valence-electron chi connectivity index (χ0n) is 45.4. The third-order valence-electron chi connectivity index (χ3n) is 16.0. The molecule has 1 aromatic heterocycles. The fourth-order valence-electron chi connectivity index (χ4n) is 11.6. The molecule has 11 rings (SSSR count). The van der Waals surface area contributed by atoms with Gasteiger partial charge in [-0.25, -0.2) is 0 Å². The molecule has 0 spiro atoms. The highest BCUT2D eigenvalue weighted by Crippen LogP contribution is 2.53. The van der Waals surface area contributed by atoms with Crippen LogP contribution in [0.5, 0.6) is 0 Å². The molecule has 7 aromatic carbocycles. The van der Waals surface area contributed by atoms with Crippen LogP contribution in [0.1, 0.15) is 139 Å². The van der Waals surface area contributed by atoms with Crippen molar-refractivity contribution < 1.29 is 8.53 Å². The lowest BCUT2D eigenvalue weighted by atomic mass is 9.35. The van der Waals surface area contributed by atoms with Gasteiger partial charge >= 0.3 is 0 Å². The molecule has 4 heteroatoms. The van der Waals surface area contributed by atoms with Crippen LogP contribution >= 0.6 is 0 Å². The summed E-state index contributed by atoms with van der Waals surface area (Å²) in [5, 5.41) is 1.01. The van der Waals surface area contributed by atoms with Crippen molar-refractivity contribution in [2.24, 2.45) is 0 Å². The largest absolute Gasteiger partial charge is 0.468 e. The van der Waals surface area contributed by atoms with Crippen molar-refractivity contribution >= 4 is 68.4 Å². The van der Waals surface area contributed by atoms with Crippen LogP contribution in [-0.2, 0) is 27.1 Å². The minimum atomic E-state index is -0.582. The van der Waals surface area contributed by atoms with Crippen molar-refractivity contribution in [3.63, 3.8) is 0 Å². The van der Waals surface area contributed by atoms with Crippen LogP contribution in [0.25, 0.3) is 22.1 Å². The lowest BCUT2D eigenvalue weighted by Gasteiger charge is -2.47. The SMILES string of the molecule is [2H]c1cc(C(C)(C)c2ccc3oc4c(c3c2)N(c2ccc(C(C)(C)C)cc2)c2cc(C)cc3c2B4c2cc4c(cc2N3c2ccc(C(C)(C)C)cc2-c2ccccc2)C(C)(C)CCC4(C)C)cc([2H])c1[2H]. The first-order valence-corrected chi connectivity index (χ1v) is 24.7. The summed E-state index contributed by atoms with van der Waals surface area (Å²) in [4.78, 5) is 5.07. The van der Waals surface area contributed by atoms with Gasteiger partial charge in [0.25, 0.3) is 6.71 Å². The second-order valence-corrected chi connectivity index (χ2v) is 24.0. The zero-order valence-corrected chi connectivity index (χ0v) is 42.4. The average Bonchev–Trinajstić information content (AvgIpc) is 3.69. The first-order chi connectivity index (χ1) is 33.3. The van der Waals surface area contributed by atoms with Gasteiger partial charge in [0, 0.05) is 39.1 Å². The molecule has 0 fully saturated rings. The summed E-state index contributed by atoms with van der Waals surface area (Å²) < 4.78 is 33.0. The molecule has 3 heterocycles. The van der Waals surface area contributed by atoms with E-state index in [-0.39, 0.29) is 46.5 Å². The summed E-state index contributed by atoms with van der Waals surface area (Å²) >= 11 is 0. The minimum absolute atomic E-state index is 0.0251. The summed E-state index contributed by atoms with van der Waals surface area (Å²) in [5.74, 6) is 0. The van der Waals surface area contributed by atoms with Crippen LogP contribution in [0.2, 0.25) is 0 Å². The smallest absolute Gasteiger partial charge is 0.297 e. The van der Waals surface area contributed by atoms with Gasteiger partial charge in [-0.2, -0.15) is 0 Å². The van der Waals surface area contributed by atoms with Gasteiger partial charge in [-0.3, -0.25) is 0 Å². The molecule has 3 aliphatic rings. The molecule has 0 saturated heterocycles. The highest BCUT2D eigenvalue weighted by Gasteiger charge is 2.49. The van der Waals surface area contributed by atoms with Crippen molar-refractivity contribution in [1.82, 2.24) is 0 Å². The Balaban J connectivity index is 1.25. The van der Waals surface area contributed by atoms with E-state index in [1.54, 1.807) is 12.1 Å². The molecule has 0 bridgehead atoms. The topological polar surface area (TPSA) is 19.6 Å². The van der Waals surface area contributed by atoms with Crippen LogP contribution in [0.15, 0.2) is 150 Å². The van der Waals surface area contributed by atoms with Gasteiger partial charge < -0.3 is 14.2 Å². The van der Waals surface area contributed by atoms with E-state index in [4.69, 9.17) is 8.53 Å². The van der Waals surface area contributed by atoms with E-state index in [0.717, 1.165) is 69.0 Å². The summed E-state index contributed by atoms with van der Waals surface area (Å²) in [6.07, 6.45) is 2.22. The first kappa shape index (κ1) is 40.8. The number of furan rings is 1. The summed E-state index contributed by atoms with van der Waals surface area (Å²) in [6.45, 7) is 29.8. The van der Waals surface area contributed by atoms with Crippen molar-refractivity contribution in [2.45, 2.75) is 130 Å². The Morgan fingerprint density at radius 2 is 1.16 bits per heavy atom. The Labute approximate surface area is 410 Å². The van der Waals surface area contributed by atoms with Gasteiger partial charge in [0.05, 0.1) is 21.1 Å². The minimum Gasteiger partial charge on any atom is -0.468 e. The van der Waals surface area contributed by atoms with E-state index in [0.29, 0.717) is 0 Å². The molecule has 2 aliphatic heterocycles. The van der Waals surface area contributed by atoms with Crippen LogP contribution in [-0.4, -0.2) is 6.71 Å². The van der Waals surface area contributed by atoms with Gasteiger partial charge in [0.2, 0.25) is 0 Å². The Bertz CT molecular complexity index is 3460. The molecule has 0 amide bonds. The standard InChI is InChI=1S/C64H67BN2O/c1-40-34-54-57-55(35-40)67(52-30-26-44(61(5,6)7)36-47(52)41-20-16-14-17-21-41)53-39-50-49(62(8,9)32-33-63(50,10)11)38-51(53)65(57)59-58(66(54)46-28-24-42(25-29-46)60(2,3)4)48-37-45(27-31-56(48)68-59)64(12,13)43-22-18-15-19-23-43/h14-31,34-39H,32-33H2,1-13H3/i15D,18D,19D.